The first kappa shape index (κ1) is 11.8. The van der Waals surface area contributed by atoms with Gasteiger partial charge in [0.05, 0.1) is 5.92 Å². The van der Waals surface area contributed by atoms with Crippen molar-refractivity contribution in [1.82, 2.24) is 15.1 Å². The Labute approximate surface area is 96.4 Å². The number of hydrogen-bond donors (Lipinski definition) is 2. The third-order valence-electron chi connectivity index (χ3n) is 3.56. The Morgan fingerprint density at radius 2 is 2.06 bits per heavy atom. The van der Waals surface area contributed by atoms with Crippen LogP contribution in [0.3, 0.4) is 0 Å². The zero-order valence-electron chi connectivity index (χ0n) is 9.85. The molecule has 92 valence electrons. The fourth-order valence-electron chi connectivity index (χ4n) is 2.44. The van der Waals surface area contributed by atoms with Gasteiger partial charge in [-0.2, -0.15) is 0 Å². The highest BCUT2D eigenvalue weighted by Crippen LogP contribution is 2.16. The highest BCUT2D eigenvalue weighted by Gasteiger charge is 2.33. The minimum Gasteiger partial charge on any atom is -0.481 e. The molecule has 5 heteroatoms. The van der Waals surface area contributed by atoms with Gasteiger partial charge in [0.15, 0.2) is 0 Å². The van der Waals surface area contributed by atoms with Crippen LogP contribution in [0.15, 0.2) is 0 Å². The van der Waals surface area contributed by atoms with Gasteiger partial charge in [0, 0.05) is 51.9 Å². The van der Waals surface area contributed by atoms with Crippen LogP contribution in [0.1, 0.15) is 6.92 Å². The van der Waals surface area contributed by atoms with E-state index in [9.17, 15) is 4.79 Å². The normalized spacial score (nSPS) is 26.3. The van der Waals surface area contributed by atoms with Gasteiger partial charge in [0.2, 0.25) is 0 Å². The van der Waals surface area contributed by atoms with Crippen molar-refractivity contribution in [2.75, 3.05) is 45.8 Å². The molecule has 1 atom stereocenters. The molecule has 2 aliphatic rings. The molecule has 0 aromatic rings. The van der Waals surface area contributed by atoms with Gasteiger partial charge < -0.3 is 10.4 Å². The van der Waals surface area contributed by atoms with Crippen molar-refractivity contribution in [3.05, 3.63) is 0 Å². The van der Waals surface area contributed by atoms with Gasteiger partial charge >= 0.3 is 5.97 Å². The molecule has 0 aliphatic carbocycles. The molecule has 0 aromatic heterocycles. The number of piperazine rings is 1. The van der Waals surface area contributed by atoms with Gasteiger partial charge in [-0.05, 0) is 0 Å². The van der Waals surface area contributed by atoms with Crippen LogP contribution in [0, 0.1) is 5.92 Å². The number of carboxylic acid groups (broad SMARTS) is 1. The first-order chi connectivity index (χ1) is 7.66. The van der Waals surface area contributed by atoms with Crippen LogP contribution in [0.25, 0.3) is 0 Å². The lowest BCUT2D eigenvalue weighted by atomic mass is 10.0. The molecule has 16 heavy (non-hydrogen) atoms. The Hall–Kier alpha value is -0.650. The smallest absolute Gasteiger partial charge is 0.307 e. The average Bonchev–Trinajstić information content (AvgIpc) is 2.23. The summed E-state index contributed by atoms with van der Waals surface area (Å²) in [6, 6.07) is 0.656. The monoisotopic (exact) mass is 227 g/mol. The average molecular weight is 227 g/mol. The summed E-state index contributed by atoms with van der Waals surface area (Å²) in [4.78, 5) is 15.5. The number of hydrogen-bond acceptors (Lipinski definition) is 4. The summed E-state index contributed by atoms with van der Waals surface area (Å²) in [6.07, 6.45) is 0. The topological polar surface area (TPSA) is 55.8 Å². The first-order valence-corrected chi connectivity index (χ1v) is 6.06. The molecule has 0 aromatic carbocycles. The summed E-state index contributed by atoms with van der Waals surface area (Å²) in [5.74, 6) is -0.936. The maximum absolute atomic E-state index is 10.7. The molecular weight excluding hydrogens is 206 g/mol. The molecule has 0 amide bonds. The number of aliphatic carboxylic acids is 1. The van der Waals surface area contributed by atoms with Gasteiger partial charge in [0.25, 0.3) is 0 Å². The van der Waals surface area contributed by atoms with E-state index in [1.165, 1.54) is 0 Å². The lowest BCUT2D eigenvalue weighted by molar-refractivity contribution is -0.142. The quantitative estimate of drug-likeness (QED) is 0.665. The molecule has 2 fully saturated rings. The molecule has 2 N–H and O–H groups in total. The van der Waals surface area contributed by atoms with Crippen LogP contribution in [0.4, 0.5) is 0 Å². The second-order valence-corrected chi connectivity index (χ2v) is 4.90. The second-order valence-electron chi connectivity index (χ2n) is 4.90. The lowest BCUT2D eigenvalue weighted by Crippen LogP contribution is -2.63. The summed E-state index contributed by atoms with van der Waals surface area (Å²) >= 11 is 0. The number of likely N-dealkylation sites (tertiary alicyclic amines) is 1. The van der Waals surface area contributed by atoms with E-state index in [0.29, 0.717) is 12.6 Å². The minimum absolute atomic E-state index is 0.246. The van der Waals surface area contributed by atoms with Crippen molar-refractivity contribution in [1.29, 1.82) is 0 Å². The zero-order valence-corrected chi connectivity index (χ0v) is 9.85. The zero-order chi connectivity index (χ0) is 11.5. The lowest BCUT2D eigenvalue weighted by Gasteiger charge is -2.47. The van der Waals surface area contributed by atoms with Crippen LogP contribution in [-0.4, -0.2) is 72.7 Å². The number of nitrogens with one attached hydrogen (secondary N) is 1. The van der Waals surface area contributed by atoms with Crippen molar-refractivity contribution >= 4 is 5.97 Å². The van der Waals surface area contributed by atoms with Crippen molar-refractivity contribution in [3.8, 4) is 0 Å². The third-order valence-corrected chi connectivity index (χ3v) is 3.56. The van der Waals surface area contributed by atoms with Crippen molar-refractivity contribution < 1.29 is 9.90 Å². The Morgan fingerprint density at radius 3 is 2.62 bits per heavy atom. The van der Waals surface area contributed by atoms with Gasteiger partial charge in [-0.3, -0.25) is 14.6 Å². The van der Waals surface area contributed by atoms with E-state index in [0.717, 1.165) is 39.3 Å². The van der Waals surface area contributed by atoms with Crippen molar-refractivity contribution in [2.45, 2.75) is 13.0 Å². The van der Waals surface area contributed by atoms with Crippen LogP contribution in [0.2, 0.25) is 0 Å². The molecule has 2 rings (SSSR count). The molecule has 0 saturated carbocycles. The Kier molecular flexibility index (Phi) is 3.78. The van der Waals surface area contributed by atoms with Gasteiger partial charge in [-0.25, -0.2) is 0 Å². The summed E-state index contributed by atoms with van der Waals surface area (Å²) in [7, 11) is 0. The summed E-state index contributed by atoms with van der Waals surface area (Å²) in [6.45, 7) is 8.98. The van der Waals surface area contributed by atoms with Gasteiger partial charge in [-0.1, -0.05) is 6.92 Å². The van der Waals surface area contributed by atoms with E-state index in [4.69, 9.17) is 5.11 Å². The Bertz CT molecular complexity index is 248. The summed E-state index contributed by atoms with van der Waals surface area (Å²) < 4.78 is 0. The van der Waals surface area contributed by atoms with E-state index in [-0.39, 0.29) is 5.92 Å². The third kappa shape index (κ3) is 2.72. The van der Waals surface area contributed by atoms with Crippen molar-refractivity contribution in [2.24, 2.45) is 5.92 Å². The van der Waals surface area contributed by atoms with Crippen LogP contribution < -0.4 is 5.32 Å². The van der Waals surface area contributed by atoms with E-state index >= 15 is 0 Å². The van der Waals surface area contributed by atoms with E-state index in [1.54, 1.807) is 6.92 Å². The summed E-state index contributed by atoms with van der Waals surface area (Å²) in [5, 5.41) is 12.2. The van der Waals surface area contributed by atoms with Crippen LogP contribution in [-0.2, 0) is 4.79 Å². The standard InChI is InChI=1S/C11H21N3O2/c1-9(11(15)16)6-13-7-10(8-13)14-4-2-12-3-5-14/h9-10,12H,2-8H2,1H3,(H,15,16). The highest BCUT2D eigenvalue weighted by atomic mass is 16.4. The number of rotatable bonds is 4. The SMILES string of the molecule is CC(CN1CC(N2CCNCC2)C1)C(=O)O. The molecule has 0 bridgehead atoms. The van der Waals surface area contributed by atoms with E-state index in [1.807, 2.05) is 0 Å². The maximum Gasteiger partial charge on any atom is 0.307 e. The number of nitrogens with zero attached hydrogens (tertiary/aromatic N) is 2. The van der Waals surface area contributed by atoms with E-state index < -0.39 is 5.97 Å². The Morgan fingerprint density at radius 1 is 1.44 bits per heavy atom. The maximum atomic E-state index is 10.7. The highest BCUT2D eigenvalue weighted by molar-refractivity contribution is 5.69. The minimum atomic E-state index is -0.689. The Balaban J connectivity index is 1.67. The molecular formula is C11H21N3O2. The van der Waals surface area contributed by atoms with Gasteiger partial charge in [-0.15, -0.1) is 0 Å². The number of carbonyl (C=O) groups is 1. The predicted octanol–water partition coefficient (Wildman–Crippen LogP) is -0.703. The fourth-order valence-corrected chi connectivity index (χ4v) is 2.44. The predicted molar refractivity (Wildman–Crippen MR) is 61.5 cm³/mol. The van der Waals surface area contributed by atoms with E-state index in [2.05, 4.69) is 15.1 Å². The fraction of sp³-hybridized carbons (Fsp3) is 0.909. The van der Waals surface area contributed by atoms with Crippen LogP contribution in [0.5, 0.6) is 0 Å². The largest absolute Gasteiger partial charge is 0.481 e. The molecule has 0 spiro atoms. The first-order valence-electron chi connectivity index (χ1n) is 6.06. The molecule has 2 saturated heterocycles. The van der Waals surface area contributed by atoms with Crippen LogP contribution >= 0.6 is 0 Å². The second kappa shape index (κ2) is 5.12. The molecule has 5 nitrogen and oxygen atoms in total. The number of carboxylic acids is 1. The summed E-state index contributed by atoms with van der Waals surface area (Å²) in [5.41, 5.74) is 0. The molecule has 1 unspecified atom stereocenters. The molecule has 2 aliphatic heterocycles. The molecule has 0 radical (unpaired) electrons. The van der Waals surface area contributed by atoms with Crippen molar-refractivity contribution in [3.63, 3.8) is 0 Å². The van der Waals surface area contributed by atoms with Gasteiger partial charge in [0.1, 0.15) is 0 Å². The molecule has 2 heterocycles.